The van der Waals surface area contributed by atoms with Crippen molar-refractivity contribution in [3.8, 4) is 0 Å². The maximum absolute atomic E-state index is 11.8. The Bertz CT molecular complexity index is 440. The zero-order valence-electron chi connectivity index (χ0n) is 12.8. The van der Waals surface area contributed by atoms with Crippen LogP contribution in [0.2, 0.25) is 0 Å². The molecule has 1 atom stereocenters. The number of carbonyl (C=O) groups excluding carboxylic acids is 1. The summed E-state index contributed by atoms with van der Waals surface area (Å²) in [4.78, 5) is 16.4. The fraction of sp³-hybridized carbons (Fsp3) is 0.714. The Balaban J connectivity index is 0.00000200. The van der Waals surface area contributed by atoms with Crippen LogP contribution >= 0.6 is 36.2 Å². The van der Waals surface area contributed by atoms with Crippen LogP contribution in [-0.2, 0) is 16.8 Å². The number of hydrogen-bond acceptors (Lipinski definition) is 4. The predicted molar refractivity (Wildman–Crippen MR) is 92.8 cm³/mol. The molecule has 1 unspecified atom stereocenters. The Labute approximate surface area is 143 Å². The molecule has 4 nitrogen and oxygen atoms in total. The molecule has 1 aliphatic heterocycles. The molecule has 0 spiro atoms. The molecule has 1 aromatic heterocycles. The van der Waals surface area contributed by atoms with Gasteiger partial charge in [-0.25, -0.2) is 4.98 Å². The largest absolute Gasteiger partial charge is 0.350 e. The van der Waals surface area contributed by atoms with E-state index >= 15 is 0 Å². The summed E-state index contributed by atoms with van der Waals surface area (Å²) < 4.78 is 0. The van der Waals surface area contributed by atoms with E-state index in [4.69, 9.17) is 0 Å². The topological polar surface area (TPSA) is 54.0 Å². The van der Waals surface area contributed by atoms with Crippen LogP contribution in [0.5, 0.6) is 0 Å². The van der Waals surface area contributed by atoms with Gasteiger partial charge in [0.2, 0.25) is 5.91 Å². The lowest BCUT2D eigenvalue weighted by Gasteiger charge is -2.14. The molecular weight excluding hydrogens is 329 g/mol. The van der Waals surface area contributed by atoms with E-state index in [-0.39, 0.29) is 36.1 Å². The number of carbonyl (C=O) groups is 1. The fourth-order valence-electron chi connectivity index (χ4n) is 2.14. The summed E-state index contributed by atoms with van der Waals surface area (Å²) in [5, 5.41) is 9.36. The molecule has 2 rings (SSSR count). The van der Waals surface area contributed by atoms with Gasteiger partial charge in [0.15, 0.2) is 0 Å². The molecule has 1 amide bonds. The molecule has 7 heteroatoms. The van der Waals surface area contributed by atoms with E-state index < -0.39 is 0 Å². The summed E-state index contributed by atoms with van der Waals surface area (Å²) in [5.74, 6) is 0.118. The van der Waals surface area contributed by atoms with E-state index in [0.29, 0.717) is 19.0 Å². The molecule has 1 aliphatic rings. The fourth-order valence-corrected chi connectivity index (χ4v) is 3.10. The van der Waals surface area contributed by atoms with Gasteiger partial charge >= 0.3 is 0 Å². The number of rotatable bonds is 4. The zero-order chi connectivity index (χ0) is 13.9. The first kappa shape index (κ1) is 20.6. The van der Waals surface area contributed by atoms with E-state index in [2.05, 4.69) is 41.8 Å². The zero-order valence-corrected chi connectivity index (χ0v) is 15.2. The number of amides is 1. The van der Waals surface area contributed by atoms with Crippen LogP contribution < -0.4 is 10.6 Å². The number of hydrogen-bond donors (Lipinski definition) is 2. The molecule has 0 aromatic carbocycles. The lowest BCUT2D eigenvalue weighted by Crippen LogP contribution is -2.31. The van der Waals surface area contributed by atoms with Gasteiger partial charge in [-0.2, -0.15) is 0 Å². The van der Waals surface area contributed by atoms with Crippen molar-refractivity contribution in [3.05, 3.63) is 16.1 Å². The second-order valence-electron chi connectivity index (χ2n) is 6.15. The third kappa shape index (κ3) is 6.51. The standard InChI is InChI=1S/C14H23N3OS.2ClH/c1-14(2,3)11-9-19-13(17-11)8-16-12(18)7-10-5-4-6-15-10;;/h9-10,15H,4-8H2,1-3H3,(H,16,18);2*1H. The third-order valence-corrected chi connectivity index (χ3v) is 4.20. The first-order valence-corrected chi connectivity index (χ1v) is 7.78. The van der Waals surface area contributed by atoms with E-state index in [1.54, 1.807) is 11.3 Å². The number of aromatic nitrogens is 1. The van der Waals surface area contributed by atoms with Crippen molar-refractivity contribution in [2.75, 3.05) is 6.54 Å². The predicted octanol–water partition coefficient (Wildman–Crippen LogP) is 3.04. The molecule has 1 saturated heterocycles. The Hall–Kier alpha value is -0.360. The summed E-state index contributed by atoms with van der Waals surface area (Å²) in [6, 6.07) is 0.362. The van der Waals surface area contributed by atoms with Crippen LogP contribution in [0.3, 0.4) is 0 Å². The van der Waals surface area contributed by atoms with Crippen LogP contribution in [0.25, 0.3) is 0 Å². The van der Waals surface area contributed by atoms with Gasteiger partial charge in [-0.3, -0.25) is 4.79 Å². The minimum absolute atomic E-state index is 0. The van der Waals surface area contributed by atoms with E-state index in [1.165, 1.54) is 6.42 Å². The first-order chi connectivity index (χ1) is 8.95. The lowest BCUT2D eigenvalue weighted by molar-refractivity contribution is -0.121. The van der Waals surface area contributed by atoms with Gasteiger partial charge in [-0.1, -0.05) is 20.8 Å². The minimum Gasteiger partial charge on any atom is -0.350 e. The van der Waals surface area contributed by atoms with Crippen LogP contribution in [0, 0.1) is 0 Å². The molecule has 122 valence electrons. The Kier molecular flexibility index (Phi) is 8.78. The van der Waals surface area contributed by atoms with Crippen LogP contribution in [-0.4, -0.2) is 23.5 Å². The van der Waals surface area contributed by atoms with Gasteiger partial charge in [0.1, 0.15) is 5.01 Å². The molecule has 0 radical (unpaired) electrons. The van der Waals surface area contributed by atoms with Gasteiger partial charge in [-0.05, 0) is 19.4 Å². The number of nitrogens with one attached hydrogen (secondary N) is 2. The van der Waals surface area contributed by atoms with Crippen LogP contribution in [0.15, 0.2) is 5.38 Å². The van der Waals surface area contributed by atoms with Crippen LogP contribution in [0.4, 0.5) is 0 Å². The summed E-state index contributed by atoms with van der Waals surface area (Å²) in [6.07, 6.45) is 2.87. The van der Waals surface area contributed by atoms with Gasteiger partial charge in [0.25, 0.3) is 0 Å². The molecule has 1 aromatic rings. The smallest absolute Gasteiger partial charge is 0.221 e. The second kappa shape index (κ2) is 8.93. The Morgan fingerprint density at radius 2 is 2.19 bits per heavy atom. The first-order valence-electron chi connectivity index (χ1n) is 6.90. The third-order valence-electron chi connectivity index (χ3n) is 3.35. The van der Waals surface area contributed by atoms with Gasteiger partial charge in [-0.15, -0.1) is 36.2 Å². The average molecular weight is 354 g/mol. The molecule has 1 fully saturated rings. The quantitative estimate of drug-likeness (QED) is 0.874. The average Bonchev–Trinajstić information content (AvgIpc) is 2.95. The molecule has 21 heavy (non-hydrogen) atoms. The van der Waals surface area contributed by atoms with Gasteiger partial charge < -0.3 is 10.6 Å². The molecule has 0 aliphatic carbocycles. The summed E-state index contributed by atoms with van der Waals surface area (Å²) in [7, 11) is 0. The van der Waals surface area contributed by atoms with E-state index in [9.17, 15) is 4.79 Å². The maximum Gasteiger partial charge on any atom is 0.221 e. The van der Waals surface area contributed by atoms with Crippen molar-refractivity contribution in [2.24, 2.45) is 0 Å². The van der Waals surface area contributed by atoms with Crippen LogP contribution in [0.1, 0.15) is 50.7 Å². The monoisotopic (exact) mass is 353 g/mol. The highest BCUT2D eigenvalue weighted by Crippen LogP contribution is 2.23. The molecule has 2 heterocycles. The number of nitrogens with zero attached hydrogens (tertiary/aromatic N) is 1. The summed E-state index contributed by atoms with van der Waals surface area (Å²) in [5.41, 5.74) is 1.17. The van der Waals surface area contributed by atoms with Crippen molar-refractivity contribution in [1.29, 1.82) is 0 Å². The number of thiazole rings is 1. The summed E-state index contributed by atoms with van der Waals surface area (Å²) in [6.45, 7) is 8.04. The maximum atomic E-state index is 11.8. The van der Waals surface area contributed by atoms with Crippen molar-refractivity contribution in [3.63, 3.8) is 0 Å². The van der Waals surface area contributed by atoms with Crippen molar-refractivity contribution in [1.82, 2.24) is 15.6 Å². The Morgan fingerprint density at radius 3 is 2.71 bits per heavy atom. The molecule has 0 saturated carbocycles. The molecule has 0 bridgehead atoms. The normalized spacial score (nSPS) is 17.8. The highest BCUT2D eigenvalue weighted by molar-refractivity contribution is 7.09. The van der Waals surface area contributed by atoms with Gasteiger partial charge in [0.05, 0.1) is 12.2 Å². The van der Waals surface area contributed by atoms with Gasteiger partial charge in [0, 0.05) is 23.3 Å². The van der Waals surface area contributed by atoms with E-state index in [0.717, 1.165) is 23.7 Å². The molecule has 2 N–H and O–H groups in total. The highest BCUT2D eigenvalue weighted by Gasteiger charge is 2.19. The SMILES string of the molecule is CC(C)(C)c1csc(CNC(=O)CC2CCCN2)n1.Cl.Cl. The number of halogens is 2. The van der Waals surface area contributed by atoms with E-state index in [1.807, 2.05) is 0 Å². The van der Waals surface area contributed by atoms with Crippen molar-refractivity contribution < 1.29 is 4.79 Å². The lowest BCUT2D eigenvalue weighted by atomic mass is 9.93. The Morgan fingerprint density at radius 1 is 1.48 bits per heavy atom. The molecular formula is C14H25Cl2N3OS. The minimum atomic E-state index is 0. The highest BCUT2D eigenvalue weighted by atomic mass is 35.5. The van der Waals surface area contributed by atoms with Crippen molar-refractivity contribution >= 4 is 42.1 Å². The summed E-state index contributed by atoms with van der Waals surface area (Å²) >= 11 is 1.62. The van der Waals surface area contributed by atoms with Crippen molar-refractivity contribution in [2.45, 2.75) is 58.0 Å². The second-order valence-corrected chi connectivity index (χ2v) is 7.09.